The van der Waals surface area contributed by atoms with Gasteiger partial charge in [0.25, 0.3) is 0 Å². The molecule has 0 amide bonds. The summed E-state index contributed by atoms with van der Waals surface area (Å²) in [7, 11) is 0.192. The fourth-order valence-corrected chi connectivity index (χ4v) is 0.612. The minimum absolute atomic E-state index is 0.546. The lowest BCUT2D eigenvalue weighted by atomic mass is 9.78. The third-order valence-corrected chi connectivity index (χ3v) is 1.27. The second-order valence-corrected chi connectivity index (χ2v) is 2.21. The summed E-state index contributed by atoms with van der Waals surface area (Å²) in [5.41, 5.74) is 5.30. The summed E-state index contributed by atoms with van der Waals surface area (Å²) in [6, 6.07) is 0. The van der Waals surface area contributed by atoms with Crippen LogP contribution in [0.1, 0.15) is 12.8 Å². The molecular weight excluding hydrogens is 133 g/mol. The monoisotopic (exact) mass is 147 g/mol. The van der Waals surface area contributed by atoms with Crippen LogP contribution in [0, 0.1) is 0 Å². The van der Waals surface area contributed by atoms with Crippen molar-refractivity contribution in [3.63, 3.8) is 0 Å². The third kappa shape index (κ3) is 4.75. The van der Waals surface area contributed by atoms with Crippen LogP contribution in [0.4, 0.5) is 0 Å². The molecular formula is C5H14BNO3. The molecule has 0 aliphatic heterocycles. The molecule has 0 saturated carbocycles. The van der Waals surface area contributed by atoms with E-state index in [9.17, 15) is 0 Å². The van der Waals surface area contributed by atoms with E-state index in [0.717, 1.165) is 6.42 Å². The predicted octanol–water partition coefficient (Wildman–Crippen LogP) is -1.25. The van der Waals surface area contributed by atoms with E-state index in [1.807, 2.05) is 0 Å². The summed E-state index contributed by atoms with van der Waals surface area (Å²) < 4.78 is 4.75. The first-order valence-corrected chi connectivity index (χ1v) is 3.29. The molecule has 0 heterocycles. The van der Waals surface area contributed by atoms with E-state index in [1.54, 1.807) is 7.11 Å². The van der Waals surface area contributed by atoms with Gasteiger partial charge in [-0.05, 0) is 12.8 Å². The minimum atomic E-state index is -1.41. The lowest BCUT2D eigenvalue weighted by molar-refractivity contribution is 0.191. The Kier molecular flexibility index (Phi) is 5.62. The van der Waals surface area contributed by atoms with Gasteiger partial charge in [-0.3, -0.25) is 0 Å². The average Bonchev–Trinajstić information content (AvgIpc) is 1.88. The highest BCUT2D eigenvalue weighted by molar-refractivity contribution is 6.43. The zero-order chi connectivity index (χ0) is 7.98. The van der Waals surface area contributed by atoms with Crippen LogP contribution >= 0.6 is 0 Å². The summed E-state index contributed by atoms with van der Waals surface area (Å²) in [5.74, 6) is -0.546. The van der Waals surface area contributed by atoms with Gasteiger partial charge in [0.1, 0.15) is 0 Å². The van der Waals surface area contributed by atoms with Gasteiger partial charge in [-0.25, -0.2) is 0 Å². The zero-order valence-corrected chi connectivity index (χ0v) is 6.16. The molecule has 0 aromatic rings. The molecule has 60 valence electrons. The van der Waals surface area contributed by atoms with Gasteiger partial charge in [-0.2, -0.15) is 0 Å². The normalized spacial score (nSPS) is 13.2. The van der Waals surface area contributed by atoms with E-state index in [1.165, 1.54) is 0 Å². The van der Waals surface area contributed by atoms with E-state index >= 15 is 0 Å². The van der Waals surface area contributed by atoms with Crippen molar-refractivity contribution in [3.8, 4) is 0 Å². The molecule has 0 radical (unpaired) electrons. The molecule has 0 rings (SSSR count). The lowest BCUT2D eigenvalue weighted by Gasteiger charge is -2.08. The maximum absolute atomic E-state index is 8.51. The van der Waals surface area contributed by atoms with Crippen LogP contribution in [0.2, 0.25) is 0 Å². The summed E-state index contributed by atoms with van der Waals surface area (Å²) >= 11 is 0. The Morgan fingerprint density at radius 1 is 1.60 bits per heavy atom. The van der Waals surface area contributed by atoms with Crippen LogP contribution in [-0.2, 0) is 4.74 Å². The minimum Gasteiger partial charge on any atom is -0.426 e. The third-order valence-electron chi connectivity index (χ3n) is 1.27. The quantitative estimate of drug-likeness (QED) is 0.335. The zero-order valence-electron chi connectivity index (χ0n) is 6.16. The maximum atomic E-state index is 8.51. The molecule has 0 spiro atoms. The van der Waals surface area contributed by atoms with Crippen molar-refractivity contribution < 1.29 is 14.8 Å². The molecule has 0 fully saturated rings. The first-order chi connectivity index (χ1) is 4.68. The number of nitrogens with two attached hydrogens (primary N) is 1. The molecule has 5 heteroatoms. The smallest absolute Gasteiger partial charge is 0.426 e. The highest BCUT2D eigenvalue weighted by Gasteiger charge is 2.17. The largest absolute Gasteiger partial charge is 0.469 e. The molecule has 0 aromatic heterocycles. The van der Waals surface area contributed by atoms with E-state index in [-0.39, 0.29) is 0 Å². The van der Waals surface area contributed by atoms with E-state index in [2.05, 4.69) is 0 Å². The topological polar surface area (TPSA) is 75.7 Å². The van der Waals surface area contributed by atoms with Gasteiger partial charge in [-0.15, -0.1) is 0 Å². The van der Waals surface area contributed by atoms with Crippen LogP contribution < -0.4 is 5.73 Å². The maximum Gasteiger partial charge on any atom is 0.469 e. The molecule has 4 N–H and O–H groups in total. The van der Waals surface area contributed by atoms with Crippen LogP contribution in [0.5, 0.6) is 0 Å². The van der Waals surface area contributed by atoms with Gasteiger partial charge in [0.2, 0.25) is 0 Å². The van der Waals surface area contributed by atoms with Crippen LogP contribution in [0.15, 0.2) is 0 Å². The number of hydrogen-bond acceptors (Lipinski definition) is 4. The predicted molar refractivity (Wildman–Crippen MR) is 39.3 cm³/mol. The van der Waals surface area contributed by atoms with Crippen molar-refractivity contribution in [2.24, 2.45) is 5.73 Å². The van der Waals surface area contributed by atoms with E-state index in [4.69, 9.17) is 20.5 Å². The Bertz CT molecular complexity index is 81.3. The van der Waals surface area contributed by atoms with E-state index < -0.39 is 13.1 Å². The van der Waals surface area contributed by atoms with Gasteiger partial charge in [0.05, 0.1) is 0 Å². The fourth-order valence-electron chi connectivity index (χ4n) is 0.612. The van der Waals surface area contributed by atoms with Gasteiger partial charge in [0, 0.05) is 19.7 Å². The Morgan fingerprint density at radius 3 is 2.60 bits per heavy atom. The molecule has 0 saturated heterocycles. The highest BCUT2D eigenvalue weighted by atomic mass is 16.5. The second-order valence-electron chi connectivity index (χ2n) is 2.21. The van der Waals surface area contributed by atoms with Gasteiger partial charge >= 0.3 is 7.12 Å². The number of methoxy groups -OCH3 is 1. The van der Waals surface area contributed by atoms with Crippen molar-refractivity contribution in [2.75, 3.05) is 13.7 Å². The lowest BCUT2D eigenvalue weighted by Crippen LogP contribution is -2.38. The highest BCUT2D eigenvalue weighted by Crippen LogP contribution is 1.94. The van der Waals surface area contributed by atoms with Crippen molar-refractivity contribution >= 4 is 7.12 Å². The van der Waals surface area contributed by atoms with Crippen molar-refractivity contribution in [3.05, 3.63) is 0 Å². The molecule has 0 unspecified atom stereocenters. The van der Waals surface area contributed by atoms with Crippen molar-refractivity contribution in [1.82, 2.24) is 0 Å². The Hall–Kier alpha value is -0.0951. The summed E-state index contributed by atoms with van der Waals surface area (Å²) in [4.78, 5) is 0. The molecule has 10 heavy (non-hydrogen) atoms. The average molecular weight is 147 g/mol. The van der Waals surface area contributed by atoms with Crippen molar-refractivity contribution in [2.45, 2.75) is 18.8 Å². The SMILES string of the molecule is COCCC[C@H](N)B(O)O. The van der Waals surface area contributed by atoms with Gasteiger partial charge in [0.15, 0.2) is 0 Å². The number of rotatable bonds is 5. The number of ether oxygens (including phenoxy) is 1. The number of hydrogen-bond donors (Lipinski definition) is 3. The van der Waals surface area contributed by atoms with Gasteiger partial charge in [-0.1, -0.05) is 0 Å². The molecule has 1 atom stereocenters. The van der Waals surface area contributed by atoms with Crippen LogP contribution in [-0.4, -0.2) is 36.8 Å². The second kappa shape index (κ2) is 5.67. The summed E-state index contributed by atoms with van der Waals surface area (Å²) in [6.45, 7) is 0.612. The molecule has 0 aliphatic rings. The summed E-state index contributed by atoms with van der Waals surface area (Å²) in [6.07, 6.45) is 1.33. The van der Waals surface area contributed by atoms with Crippen molar-refractivity contribution in [1.29, 1.82) is 0 Å². The van der Waals surface area contributed by atoms with Crippen LogP contribution in [0.25, 0.3) is 0 Å². The Labute approximate surface area is 61.1 Å². The van der Waals surface area contributed by atoms with E-state index in [0.29, 0.717) is 13.0 Å². The fraction of sp³-hybridized carbons (Fsp3) is 1.00. The van der Waals surface area contributed by atoms with Crippen LogP contribution in [0.3, 0.4) is 0 Å². The first kappa shape index (κ1) is 9.90. The molecule has 0 bridgehead atoms. The molecule has 0 aliphatic carbocycles. The van der Waals surface area contributed by atoms with Gasteiger partial charge < -0.3 is 20.5 Å². The molecule has 4 nitrogen and oxygen atoms in total. The first-order valence-electron chi connectivity index (χ1n) is 3.29. The summed E-state index contributed by atoms with van der Waals surface area (Å²) in [5, 5.41) is 17.0. The Morgan fingerprint density at radius 2 is 2.20 bits per heavy atom. The Balaban J connectivity index is 3.13. The standard InChI is InChI=1S/C5H14BNO3/c1-10-4-2-3-5(7)6(8)9/h5,8-9H,2-4,7H2,1H3/t5-/m0/s1. The molecule has 0 aromatic carbocycles.